The molecule has 0 bridgehead atoms. The van der Waals surface area contributed by atoms with Crippen LogP contribution in [-0.2, 0) is 13.1 Å². The van der Waals surface area contributed by atoms with Crippen molar-refractivity contribution in [2.45, 2.75) is 40.8 Å². The molecule has 9 aromatic heterocycles. The molecule has 9 rings (SSSR count). The van der Waals surface area contributed by atoms with Gasteiger partial charge in [0.05, 0.1) is 29.5 Å². The zero-order valence-electron chi connectivity index (χ0n) is 31.8. The van der Waals surface area contributed by atoms with E-state index in [1.807, 2.05) is 103 Å². The van der Waals surface area contributed by atoms with Crippen molar-refractivity contribution in [1.29, 1.82) is 0 Å². The summed E-state index contributed by atoms with van der Waals surface area (Å²) < 4.78 is 4.85. The summed E-state index contributed by atoms with van der Waals surface area (Å²) in [4.78, 5) is 39.9. The van der Waals surface area contributed by atoms with E-state index in [4.69, 9.17) is 4.98 Å². The van der Waals surface area contributed by atoms with Crippen molar-refractivity contribution in [3.8, 4) is 33.8 Å². The maximum atomic E-state index is 4.69. The lowest BCUT2D eigenvalue weighted by Gasteiger charge is -2.10. The van der Waals surface area contributed by atoms with E-state index < -0.39 is 0 Å². The second-order valence-corrected chi connectivity index (χ2v) is 14.3. The van der Waals surface area contributed by atoms with Crippen LogP contribution in [0.1, 0.15) is 33.6 Å². The molecule has 282 valence electrons. The molecule has 9 aromatic rings. The van der Waals surface area contributed by atoms with E-state index in [0.29, 0.717) is 13.1 Å². The van der Waals surface area contributed by atoms with Crippen LogP contribution in [0.15, 0.2) is 127 Å². The van der Waals surface area contributed by atoms with Gasteiger partial charge in [0.25, 0.3) is 0 Å². The predicted octanol–water partition coefficient (Wildman–Crippen LogP) is 8.65. The highest BCUT2D eigenvalue weighted by molar-refractivity contribution is 9.10. The largest absolute Gasteiger partial charge is 0.363 e. The Bertz CT molecular complexity index is 2830. The number of anilines is 2. The second-order valence-electron chi connectivity index (χ2n) is 13.5. The smallest absolute Gasteiger partial charge is 0.180 e. The summed E-state index contributed by atoms with van der Waals surface area (Å²) in [5, 5.41) is 6.75. The molecule has 14 heteroatoms. The molecule has 0 saturated heterocycles. The van der Waals surface area contributed by atoms with Gasteiger partial charge in [0.15, 0.2) is 22.9 Å². The molecular weight excluding hydrogens is 778 g/mol. The van der Waals surface area contributed by atoms with Gasteiger partial charge in [0.2, 0.25) is 0 Å². The van der Waals surface area contributed by atoms with Crippen molar-refractivity contribution in [2.24, 2.45) is 0 Å². The highest BCUT2D eigenvalue weighted by atomic mass is 79.9. The minimum absolute atomic E-state index is 0.602. The van der Waals surface area contributed by atoms with E-state index >= 15 is 0 Å². The summed E-state index contributed by atoms with van der Waals surface area (Å²) in [6, 6.07) is 16.3. The number of nitrogens with one attached hydrogen (secondary N) is 2. The van der Waals surface area contributed by atoms with Crippen LogP contribution in [0.3, 0.4) is 0 Å². The van der Waals surface area contributed by atoms with Gasteiger partial charge in [0, 0.05) is 103 Å². The van der Waals surface area contributed by atoms with Crippen LogP contribution in [0.5, 0.6) is 0 Å². The number of hydrogen-bond acceptors (Lipinski definition) is 11. The number of aromatic nitrogens is 11. The van der Waals surface area contributed by atoms with E-state index in [-0.39, 0.29) is 0 Å². The Labute approximate surface area is 337 Å². The van der Waals surface area contributed by atoms with Crippen LogP contribution in [-0.4, -0.2) is 53.7 Å². The van der Waals surface area contributed by atoms with Crippen LogP contribution >= 0.6 is 15.9 Å². The first-order valence-corrected chi connectivity index (χ1v) is 19.0. The molecule has 0 atom stereocenters. The van der Waals surface area contributed by atoms with Crippen molar-refractivity contribution in [3.05, 3.63) is 161 Å². The van der Waals surface area contributed by atoms with Crippen molar-refractivity contribution >= 4 is 38.9 Å². The lowest BCUT2D eigenvalue weighted by molar-refractivity contribution is 1.05. The van der Waals surface area contributed by atoms with Crippen LogP contribution in [0.25, 0.3) is 45.1 Å². The summed E-state index contributed by atoms with van der Waals surface area (Å²) in [6.45, 7) is 9.35. The number of pyridine rings is 5. The average Bonchev–Trinajstić information content (AvgIpc) is 3.84. The number of imidazole rings is 2. The summed E-state index contributed by atoms with van der Waals surface area (Å²) in [6.07, 6.45) is 21.9. The lowest BCUT2D eigenvalue weighted by atomic mass is 10.1. The quantitative estimate of drug-likeness (QED) is 0.144. The van der Waals surface area contributed by atoms with E-state index in [1.165, 1.54) is 0 Å². The van der Waals surface area contributed by atoms with Gasteiger partial charge in [-0.05, 0) is 102 Å². The Hall–Kier alpha value is -6.93. The topological polar surface area (TPSA) is 149 Å². The number of aryl methyl sites for hydroxylation is 4. The van der Waals surface area contributed by atoms with Gasteiger partial charge in [-0.3, -0.25) is 33.7 Å². The molecule has 0 aromatic carbocycles. The first kappa shape index (κ1) is 37.0. The van der Waals surface area contributed by atoms with Crippen molar-refractivity contribution in [3.63, 3.8) is 0 Å². The van der Waals surface area contributed by atoms with Gasteiger partial charge in [-0.25, -0.2) is 19.9 Å². The summed E-state index contributed by atoms with van der Waals surface area (Å²) in [7, 11) is 0. The molecule has 13 nitrogen and oxygen atoms in total. The summed E-state index contributed by atoms with van der Waals surface area (Å²) >= 11 is 3.47. The molecule has 0 radical (unpaired) electrons. The maximum Gasteiger partial charge on any atom is 0.180 e. The molecule has 0 aliphatic heterocycles. The Morgan fingerprint density at radius 1 is 0.526 bits per heavy atom. The zero-order valence-corrected chi connectivity index (χ0v) is 33.3. The molecule has 0 aliphatic carbocycles. The maximum absolute atomic E-state index is 4.69. The highest BCUT2D eigenvalue weighted by Crippen LogP contribution is 2.26. The van der Waals surface area contributed by atoms with E-state index in [0.717, 1.165) is 94.9 Å². The highest BCUT2D eigenvalue weighted by Gasteiger charge is 2.12. The van der Waals surface area contributed by atoms with Crippen LogP contribution in [0, 0.1) is 27.7 Å². The fourth-order valence-electron chi connectivity index (χ4n) is 6.61. The van der Waals surface area contributed by atoms with Gasteiger partial charge in [-0.15, -0.1) is 0 Å². The van der Waals surface area contributed by atoms with Crippen molar-refractivity contribution in [1.82, 2.24) is 53.7 Å². The summed E-state index contributed by atoms with van der Waals surface area (Å²) in [5.74, 6) is 1.47. The van der Waals surface area contributed by atoms with Gasteiger partial charge >= 0.3 is 0 Å². The Morgan fingerprint density at radius 2 is 1.09 bits per heavy atom. The molecule has 0 fully saturated rings. The Balaban J connectivity index is 0.000000162. The third kappa shape index (κ3) is 8.21. The molecular formula is C43H38BrN13. The Morgan fingerprint density at radius 3 is 1.63 bits per heavy atom. The number of hydrogen-bond donors (Lipinski definition) is 2. The SMILES string of the molecule is Cc1cc(-c2ncc(CNc3nccn4c(-c5cccnc5)cnc34)cc2C)ccn1.Cc1cc(-c2ncc(CNc3nccn4c(Br)cnc34)cc2C)ccn1. The molecule has 0 unspecified atom stereocenters. The lowest BCUT2D eigenvalue weighted by Crippen LogP contribution is -2.05. The average molecular weight is 817 g/mol. The van der Waals surface area contributed by atoms with Gasteiger partial charge in [-0.1, -0.05) is 12.1 Å². The van der Waals surface area contributed by atoms with Gasteiger partial charge in [-0.2, -0.15) is 0 Å². The molecule has 2 N–H and O–H groups in total. The van der Waals surface area contributed by atoms with Crippen molar-refractivity contribution < 1.29 is 0 Å². The molecule has 9 heterocycles. The molecule has 0 aliphatic rings. The van der Waals surface area contributed by atoms with Crippen LogP contribution < -0.4 is 10.6 Å². The molecule has 0 saturated carbocycles. The first-order valence-electron chi connectivity index (χ1n) is 18.3. The van der Waals surface area contributed by atoms with Crippen LogP contribution in [0.4, 0.5) is 11.6 Å². The van der Waals surface area contributed by atoms with Crippen LogP contribution in [0.2, 0.25) is 0 Å². The third-order valence-electron chi connectivity index (χ3n) is 9.30. The standard InChI is InChI=1S/C24H21N7.C19H17BrN6/c1-16-10-18(12-28-22(16)19-5-7-26-17(2)11-19)13-29-23-24-30-15-21(31(24)9-8-27-23)20-4-3-6-25-14-20;1-12-7-14(9-23-17(12)15-3-4-21-13(2)8-15)10-24-18-19-25-11-16(20)26(19)6-5-22-18/h3-12,14-15H,13H2,1-2H3,(H,27,29);3-9,11H,10H2,1-2H3,(H,22,24). The number of nitrogens with zero attached hydrogens (tertiary/aromatic N) is 11. The minimum atomic E-state index is 0.602. The van der Waals surface area contributed by atoms with Crippen molar-refractivity contribution in [2.75, 3.05) is 10.6 Å². The van der Waals surface area contributed by atoms with Gasteiger partial charge < -0.3 is 10.6 Å². The molecule has 0 amide bonds. The van der Waals surface area contributed by atoms with E-state index in [2.05, 4.69) is 98.5 Å². The number of rotatable bonds is 9. The van der Waals surface area contributed by atoms with E-state index in [1.54, 1.807) is 24.8 Å². The zero-order chi connectivity index (χ0) is 39.3. The number of fused-ring (bicyclic) bond motifs is 2. The second kappa shape index (κ2) is 16.4. The molecule has 57 heavy (non-hydrogen) atoms. The number of halogens is 1. The normalized spacial score (nSPS) is 11.0. The first-order chi connectivity index (χ1) is 27.8. The third-order valence-corrected chi connectivity index (χ3v) is 9.88. The monoisotopic (exact) mass is 815 g/mol. The minimum Gasteiger partial charge on any atom is -0.363 e. The predicted molar refractivity (Wildman–Crippen MR) is 225 cm³/mol. The fraction of sp³-hybridized carbons (Fsp3) is 0.140. The fourth-order valence-corrected chi connectivity index (χ4v) is 7.00. The van der Waals surface area contributed by atoms with E-state index in [9.17, 15) is 0 Å². The molecule has 0 spiro atoms. The van der Waals surface area contributed by atoms with Gasteiger partial charge in [0.1, 0.15) is 4.60 Å². The Kier molecular flexibility index (Phi) is 10.7. The summed E-state index contributed by atoms with van der Waals surface area (Å²) in [5.41, 5.74) is 14.1.